The van der Waals surface area contributed by atoms with Crippen LogP contribution in [0.2, 0.25) is 5.02 Å². The van der Waals surface area contributed by atoms with Crippen LogP contribution in [0.15, 0.2) is 66.7 Å². The van der Waals surface area contributed by atoms with Crippen molar-refractivity contribution in [3.8, 4) is 11.5 Å². The van der Waals surface area contributed by atoms with E-state index in [1.807, 2.05) is 73.7 Å². The van der Waals surface area contributed by atoms with E-state index in [-0.39, 0.29) is 18.4 Å². The van der Waals surface area contributed by atoms with Gasteiger partial charge in [0.25, 0.3) is 5.91 Å². The van der Waals surface area contributed by atoms with Gasteiger partial charge in [0.2, 0.25) is 5.91 Å². The summed E-state index contributed by atoms with van der Waals surface area (Å²) in [7, 11) is 0. The minimum Gasteiger partial charge on any atom is -0.493 e. The van der Waals surface area contributed by atoms with Gasteiger partial charge in [0.05, 0.1) is 6.61 Å². The summed E-state index contributed by atoms with van der Waals surface area (Å²) in [4.78, 5) is 28.1. The molecule has 1 aliphatic heterocycles. The molecule has 2 amide bonds. The van der Waals surface area contributed by atoms with Crippen LogP contribution in [0.25, 0.3) is 0 Å². The topological polar surface area (TPSA) is 79.9 Å². The van der Waals surface area contributed by atoms with Gasteiger partial charge in [0, 0.05) is 31.2 Å². The second kappa shape index (κ2) is 15.5. The highest BCUT2D eigenvalue weighted by Crippen LogP contribution is 2.23. The molecule has 0 radical (unpaired) electrons. The van der Waals surface area contributed by atoms with Gasteiger partial charge in [-0.3, -0.25) is 9.59 Å². The summed E-state index contributed by atoms with van der Waals surface area (Å²) < 4.78 is 11.7. The summed E-state index contributed by atoms with van der Waals surface area (Å²) in [5.41, 5.74) is 4.23. The van der Waals surface area contributed by atoms with Crippen LogP contribution in [-0.4, -0.2) is 42.5 Å². The van der Waals surface area contributed by atoms with Gasteiger partial charge in [-0.05, 0) is 85.2 Å². The highest BCUT2D eigenvalue weighted by atomic mass is 35.5. The monoisotopic (exact) mass is 577 g/mol. The van der Waals surface area contributed by atoms with E-state index in [4.69, 9.17) is 21.1 Å². The Bertz CT molecular complexity index is 1280. The fraction of sp³-hybridized carbons (Fsp3) is 0.394. The average Bonchev–Trinajstić information content (AvgIpc) is 3.20. The van der Waals surface area contributed by atoms with Crippen molar-refractivity contribution in [2.45, 2.75) is 65.2 Å². The Morgan fingerprint density at radius 3 is 2.34 bits per heavy atom. The van der Waals surface area contributed by atoms with Crippen molar-refractivity contribution in [3.63, 3.8) is 0 Å². The zero-order valence-electron chi connectivity index (χ0n) is 24.0. The summed E-state index contributed by atoms with van der Waals surface area (Å²) in [6.45, 7) is 6.99. The smallest absolute Gasteiger partial charge is 0.261 e. The molecule has 1 saturated heterocycles. The number of carbonyl (C=O) groups excluding carboxylic acids is 2. The molecule has 0 saturated carbocycles. The van der Waals surface area contributed by atoms with Crippen LogP contribution >= 0.6 is 11.6 Å². The third-order valence-corrected chi connectivity index (χ3v) is 7.37. The number of amides is 2. The van der Waals surface area contributed by atoms with Crippen LogP contribution in [0.5, 0.6) is 11.5 Å². The Balaban J connectivity index is 1.36. The van der Waals surface area contributed by atoms with E-state index in [2.05, 4.69) is 17.6 Å². The average molecular weight is 578 g/mol. The lowest BCUT2D eigenvalue weighted by Crippen LogP contribution is -2.49. The van der Waals surface area contributed by atoms with Gasteiger partial charge in [-0.2, -0.15) is 0 Å². The molecule has 3 aromatic carbocycles. The van der Waals surface area contributed by atoms with Crippen LogP contribution in [0.3, 0.4) is 0 Å². The molecule has 0 aliphatic carbocycles. The summed E-state index contributed by atoms with van der Waals surface area (Å²) in [6.07, 6.45) is 3.35. The molecule has 2 N–H and O–H groups in total. The van der Waals surface area contributed by atoms with E-state index in [9.17, 15) is 9.59 Å². The van der Waals surface area contributed by atoms with Crippen LogP contribution in [0, 0.1) is 6.92 Å². The molecule has 0 spiro atoms. The molecule has 4 rings (SSSR count). The highest BCUT2D eigenvalue weighted by Gasteiger charge is 2.31. The van der Waals surface area contributed by atoms with E-state index >= 15 is 0 Å². The van der Waals surface area contributed by atoms with Crippen molar-refractivity contribution >= 4 is 23.4 Å². The molecular weight excluding hydrogens is 538 g/mol. The second-order valence-corrected chi connectivity index (χ2v) is 10.9. The first-order valence-corrected chi connectivity index (χ1v) is 14.8. The minimum atomic E-state index is -0.529. The lowest BCUT2D eigenvalue weighted by atomic mass is 10.1. The fourth-order valence-corrected chi connectivity index (χ4v) is 4.98. The Morgan fingerprint density at radius 2 is 1.66 bits per heavy atom. The Hall–Kier alpha value is -3.55. The summed E-state index contributed by atoms with van der Waals surface area (Å²) >= 11 is 5.95. The molecule has 3 aromatic rings. The first kappa shape index (κ1) is 30.4. The number of nitrogens with one attached hydrogen (secondary N) is 2. The van der Waals surface area contributed by atoms with E-state index < -0.39 is 6.04 Å². The van der Waals surface area contributed by atoms with Crippen LogP contribution in [0.4, 0.5) is 0 Å². The molecule has 0 aromatic heterocycles. The summed E-state index contributed by atoms with van der Waals surface area (Å²) in [5.74, 6) is 1.13. The quantitative estimate of drug-likeness (QED) is 0.268. The maximum Gasteiger partial charge on any atom is 0.261 e. The zero-order chi connectivity index (χ0) is 29.0. The largest absolute Gasteiger partial charge is 0.493 e. The molecule has 1 atom stereocenters. The van der Waals surface area contributed by atoms with Crippen LogP contribution in [0.1, 0.15) is 54.9 Å². The second-order valence-electron chi connectivity index (χ2n) is 10.4. The molecule has 218 valence electrons. The number of halogens is 1. The Morgan fingerprint density at radius 1 is 0.976 bits per heavy atom. The number of benzene rings is 3. The number of rotatable bonds is 13. The SMILES string of the molecule is CCCOc1ccc(CN(C(=O)COc2ccc(CNCc3ccc(Cl)cc3)cc2)[C@H]2CCCCNC2=O)cc1C. The Labute approximate surface area is 248 Å². The third-order valence-electron chi connectivity index (χ3n) is 7.11. The van der Waals surface area contributed by atoms with Gasteiger partial charge in [-0.1, -0.05) is 54.9 Å². The maximum atomic E-state index is 13.5. The van der Waals surface area contributed by atoms with Crippen LogP contribution < -0.4 is 20.1 Å². The first-order chi connectivity index (χ1) is 19.9. The van der Waals surface area contributed by atoms with Gasteiger partial charge in [0.1, 0.15) is 17.5 Å². The van der Waals surface area contributed by atoms with Crippen molar-refractivity contribution in [2.24, 2.45) is 0 Å². The van der Waals surface area contributed by atoms with E-state index in [1.54, 1.807) is 4.90 Å². The van der Waals surface area contributed by atoms with Crippen LogP contribution in [-0.2, 0) is 29.2 Å². The molecule has 0 unspecified atom stereocenters. The summed E-state index contributed by atoms with van der Waals surface area (Å²) in [5, 5.41) is 7.11. The number of aryl methyl sites for hydroxylation is 1. The number of ether oxygens (including phenoxy) is 2. The van der Waals surface area contributed by atoms with E-state index in [1.165, 1.54) is 0 Å². The predicted molar refractivity (Wildman–Crippen MR) is 162 cm³/mol. The standard InChI is InChI=1S/C33H40ClN3O4/c1-3-18-40-31-16-11-27(19-24(31)2)22-37(30-6-4-5-17-36-33(30)39)32(38)23-41-29-14-9-26(10-15-29)21-35-20-25-7-12-28(34)13-8-25/h7-16,19,30,35H,3-6,17-18,20-23H2,1-2H3,(H,36,39)/t30-/m0/s1. The molecule has 8 heteroatoms. The maximum absolute atomic E-state index is 13.5. The lowest BCUT2D eigenvalue weighted by Gasteiger charge is -2.30. The lowest BCUT2D eigenvalue weighted by molar-refractivity contribution is -0.142. The van der Waals surface area contributed by atoms with Gasteiger partial charge < -0.3 is 25.0 Å². The number of hydrogen-bond donors (Lipinski definition) is 2. The number of nitrogens with zero attached hydrogens (tertiary/aromatic N) is 1. The van der Waals surface area contributed by atoms with Gasteiger partial charge in [-0.25, -0.2) is 0 Å². The van der Waals surface area contributed by atoms with Crippen molar-refractivity contribution in [2.75, 3.05) is 19.8 Å². The normalized spacial score (nSPS) is 15.1. The highest BCUT2D eigenvalue weighted by molar-refractivity contribution is 6.30. The zero-order valence-corrected chi connectivity index (χ0v) is 24.7. The molecule has 1 fully saturated rings. The summed E-state index contributed by atoms with van der Waals surface area (Å²) in [6, 6.07) is 20.9. The first-order valence-electron chi connectivity index (χ1n) is 14.4. The molecule has 7 nitrogen and oxygen atoms in total. The van der Waals surface area contributed by atoms with Crippen molar-refractivity contribution in [1.82, 2.24) is 15.5 Å². The van der Waals surface area contributed by atoms with Gasteiger partial charge in [-0.15, -0.1) is 0 Å². The molecule has 0 bridgehead atoms. The molecular formula is C33H40ClN3O4. The fourth-order valence-electron chi connectivity index (χ4n) is 4.86. The molecule has 1 heterocycles. The number of hydrogen-bond acceptors (Lipinski definition) is 5. The van der Waals surface area contributed by atoms with Gasteiger partial charge >= 0.3 is 0 Å². The van der Waals surface area contributed by atoms with Gasteiger partial charge in [0.15, 0.2) is 6.61 Å². The van der Waals surface area contributed by atoms with Crippen molar-refractivity contribution in [3.05, 3.63) is 94.0 Å². The number of carbonyl (C=O) groups is 2. The molecule has 1 aliphatic rings. The van der Waals surface area contributed by atoms with Crippen molar-refractivity contribution < 1.29 is 19.1 Å². The third kappa shape index (κ3) is 9.23. The molecule has 41 heavy (non-hydrogen) atoms. The predicted octanol–water partition coefficient (Wildman–Crippen LogP) is 5.80. The van der Waals surface area contributed by atoms with Crippen molar-refractivity contribution in [1.29, 1.82) is 0 Å². The minimum absolute atomic E-state index is 0.106. The van der Waals surface area contributed by atoms with E-state index in [0.717, 1.165) is 58.8 Å². The van der Waals surface area contributed by atoms with E-state index in [0.29, 0.717) is 38.4 Å². The Kier molecular flexibility index (Phi) is 11.5.